The Labute approximate surface area is 163 Å². The molecule has 0 bridgehead atoms. The molecular formula is C20H15FN4O4. The second kappa shape index (κ2) is 8.01. The van der Waals surface area contributed by atoms with Crippen LogP contribution in [0.4, 0.5) is 4.39 Å². The van der Waals surface area contributed by atoms with Crippen LogP contribution < -0.4 is 5.56 Å². The Kier molecular flexibility index (Phi) is 5.10. The summed E-state index contributed by atoms with van der Waals surface area (Å²) in [5, 5.41) is 3.82. The molecule has 0 radical (unpaired) electrons. The first kappa shape index (κ1) is 18.5. The number of carbonyl (C=O) groups excluding carboxylic acids is 1. The number of aryl methyl sites for hydroxylation is 1. The number of benzene rings is 1. The Morgan fingerprint density at radius 2 is 1.97 bits per heavy atom. The van der Waals surface area contributed by atoms with E-state index in [1.165, 1.54) is 34.7 Å². The van der Waals surface area contributed by atoms with Gasteiger partial charge in [0.1, 0.15) is 18.1 Å². The van der Waals surface area contributed by atoms with Gasteiger partial charge in [-0.3, -0.25) is 14.0 Å². The molecule has 29 heavy (non-hydrogen) atoms. The summed E-state index contributed by atoms with van der Waals surface area (Å²) < 4.78 is 24.7. The zero-order chi connectivity index (χ0) is 20.2. The van der Waals surface area contributed by atoms with E-state index in [9.17, 15) is 14.0 Å². The fourth-order valence-corrected chi connectivity index (χ4v) is 2.69. The largest absolute Gasteiger partial charge is 0.459 e. The normalized spacial score (nSPS) is 10.9. The van der Waals surface area contributed by atoms with Crippen molar-refractivity contribution in [1.29, 1.82) is 0 Å². The maximum Gasteiger partial charge on any atom is 0.306 e. The van der Waals surface area contributed by atoms with E-state index in [-0.39, 0.29) is 36.7 Å². The van der Waals surface area contributed by atoms with Gasteiger partial charge in [0.25, 0.3) is 5.56 Å². The molecule has 0 saturated heterocycles. The predicted octanol–water partition coefficient (Wildman–Crippen LogP) is 2.56. The highest BCUT2D eigenvalue weighted by Gasteiger charge is 2.12. The molecular weight excluding hydrogens is 379 g/mol. The van der Waals surface area contributed by atoms with Crippen molar-refractivity contribution in [2.45, 2.75) is 19.4 Å². The third-order valence-corrected chi connectivity index (χ3v) is 4.12. The maximum atomic E-state index is 13.0. The van der Waals surface area contributed by atoms with E-state index in [2.05, 4.69) is 15.1 Å². The van der Waals surface area contributed by atoms with Crippen molar-refractivity contribution in [2.24, 2.45) is 0 Å². The summed E-state index contributed by atoms with van der Waals surface area (Å²) in [6.45, 7) is -0.107. The van der Waals surface area contributed by atoms with E-state index in [1.807, 2.05) is 0 Å². The zero-order valence-corrected chi connectivity index (χ0v) is 15.1. The summed E-state index contributed by atoms with van der Waals surface area (Å²) in [6.07, 6.45) is 1.84. The molecule has 9 heteroatoms. The van der Waals surface area contributed by atoms with Crippen LogP contribution in [-0.4, -0.2) is 25.5 Å². The molecule has 0 amide bonds. The number of esters is 1. The number of aromatic nitrogens is 4. The Morgan fingerprint density at radius 3 is 2.79 bits per heavy atom. The molecule has 4 aromatic rings. The molecule has 3 aromatic heterocycles. The minimum absolute atomic E-state index is 0.0254. The lowest BCUT2D eigenvalue weighted by Gasteiger charge is -2.05. The molecule has 0 aliphatic rings. The number of hydrogen-bond acceptors (Lipinski definition) is 7. The van der Waals surface area contributed by atoms with E-state index in [1.54, 1.807) is 24.4 Å². The first-order chi connectivity index (χ1) is 14.1. The van der Waals surface area contributed by atoms with Crippen molar-refractivity contribution in [3.05, 3.63) is 82.5 Å². The Morgan fingerprint density at radius 1 is 1.14 bits per heavy atom. The SMILES string of the molecule is O=C(CCc1nc(-c2ccc(F)cc2)no1)OCc1cc(=O)n2ccccc2n1. The van der Waals surface area contributed by atoms with Crippen molar-refractivity contribution in [3.8, 4) is 11.4 Å². The molecule has 0 aliphatic carbocycles. The molecule has 0 fully saturated rings. The number of nitrogens with zero attached hydrogens (tertiary/aromatic N) is 4. The monoisotopic (exact) mass is 394 g/mol. The molecule has 0 aliphatic heterocycles. The quantitative estimate of drug-likeness (QED) is 0.463. The van der Waals surface area contributed by atoms with E-state index in [0.29, 0.717) is 22.7 Å². The number of rotatable bonds is 6. The van der Waals surface area contributed by atoms with Gasteiger partial charge in [-0.25, -0.2) is 9.37 Å². The molecule has 4 rings (SSSR count). The average Bonchev–Trinajstić information content (AvgIpc) is 3.20. The molecule has 0 unspecified atom stereocenters. The van der Waals surface area contributed by atoms with Crippen LogP contribution in [0, 0.1) is 5.82 Å². The van der Waals surface area contributed by atoms with E-state index >= 15 is 0 Å². The minimum Gasteiger partial charge on any atom is -0.459 e. The fraction of sp³-hybridized carbons (Fsp3) is 0.150. The number of hydrogen-bond donors (Lipinski definition) is 0. The Hall–Kier alpha value is -3.88. The smallest absolute Gasteiger partial charge is 0.306 e. The van der Waals surface area contributed by atoms with Gasteiger partial charge in [-0.05, 0) is 36.4 Å². The lowest BCUT2D eigenvalue weighted by molar-refractivity contribution is -0.145. The van der Waals surface area contributed by atoms with Crippen molar-refractivity contribution in [1.82, 2.24) is 19.5 Å². The van der Waals surface area contributed by atoms with E-state index in [0.717, 1.165) is 0 Å². The molecule has 8 nitrogen and oxygen atoms in total. The summed E-state index contributed by atoms with van der Waals surface area (Å²) in [5.74, 6) is -0.261. The lowest BCUT2D eigenvalue weighted by atomic mass is 10.2. The molecule has 0 spiro atoms. The van der Waals surface area contributed by atoms with Gasteiger partial charge in [0.15, 0.2) is 0 Å². The Balaban J connectivity index is 1.33. The van der Waals surface area contributed by atoms with Gasteiger partial charge in [0.2, 0.25) is 11.7 Å². The van der Waals surface area contributed by atoms with Crippen molar-refractivity contribution in [3.63, 3.8) is 0 Å². The van der Waals surface area contributed by atoms with E-state index < -0.39 is 5.97 Å². The van der Waals surface area contributed by atoms with Crippen LogP contribution in [-0.2, 0) is 22.6 Å². The Bertz CT molecular complexity index is 1220. The molecule has 0 N–H and O–H groups in total. The van der Waals surface area contributed by atoms with Crippen LogP contribution in [0.3, 0.4) is 0 Å². The van der Waals surface area contributed by atoms with Crippen molar-refractivity contribution < 1.29 is 18.4 Å². The topological polar surface area (TPSA) is 99.6 Å². The maximum absolute atomic E-state index is 13.0. The summed E-state index contributed by atoms with van der Waals surface area (Å²) >= 11 is 0. The number of fused-ring (bicyclic) bond motifs is 1. The lowest BCUT2D eigenvalue weighted by Crippen LogP contribution is -2.16. The average molecular weight is 394 g/mol. The number of pyridine rings is 1. The van der Waals surface area contributed by atoms with Crippen LogP contribution in [0.15, 0.2) is 64.0 Å². The van der Waals surface area contributed by atoms with Gasteiger partial charge < -0.3 is 9.26 Å². The summed E-state index contributed by atoms with van der Waals surface area (Å²) in [4.78, 5) is 32.5. The first-order valence-electron chi connectivity index (χ1n) is 8.80. The van der Waals surface area contributed by atoms with Crippen molar-refractivity contribution >= 4 is 11.6 Å². The second-order valence-corrected chi connectivity index (χ2v) is 6.19. The third kappa shape index (κ3) is 4.34. The minimum atomic E-state index is -0.485. The summed E-state index contributed by atoms with van der Waals surface area (Å²) in [6, 6.07) is 12.2. The highest BCUT2D eigenvalue weighted by molar-refractivity contribution is 5.69. The van der Waals surface area contributed by atoms with Crippen LogP contribution in [0.2, 0.25) is 0 Å². The van der Waals surface area contributed by atoms with Gasteiger partial charge in [0, 0.05) is 24.2 Å². The molecule has 146 valence electrons. The molecule has 3 heterocycles. The third-order valence-electron chi connectivity index (χ3n) is 4.12. The highest BCUT2D eigenvalue weighted by atomic mass is 19.1. The zero-order valence-electron chi connectivity index (χ0n) is 15.1. The van der Waals surface area contributed by atoms with Crippen LogP contribution in [0.25, 0.3) is 17.0 Å². The molecule has 1 aromatic carbocycles. The predicted molar refractivity (Wildman–Crippen MR) is 99.3 cm³/mol. The standard InChI is InChI=1S/C20H15FN4O4/c21-14-6-4-13(5-7-14)20-23-17(29-24-20)8-9-19(27)28-12-15-11-18(26)25-10-2-1-3-16(25)22-15/h1-7,10-11H,8-9,12H2. The number of carbonyl (C=O) groups is 1. The fourth-order valence-electron chi connectivity index (χ4n) is 2.69. The van der Waals surface area contributed by atoms with Crippen LogP contribution >= 0.6 is 0 Å². The van der Waals surface area contributed by atoms with Gasteiger partial charge in [-0.15, -0.1) is 0 Å². The van der Waals surface area contributed by atoms with Gasteiger partial charge in [-0.1, -0.05) is 11.2 Å². The first-order valence-corrected chi connectivity index (χ1v) is 8.80. The van der Waals surface area contributed by atoms with Crippen LogP contribution in [0.5, 0.6) is 0 Å². The second-order valence-electron chi connectivity index (χ2n) is 6.19. The summed E-state index contributed by atoms with van der Waals surface area (Å²) in [5.41, 5.74) is 1.20. The van der Waals surface area contributed by atoms with Gasteiger partial charge in [0.05, 0.1) is 12.1 Å². The number of halogens is 1. The molecule has 0 atom stereocenters. The summed E-state index contributed by atoms with van der Waals surface area (Å²) in [7, 11) is 0. The van der Waals surface area contributed by atoms with E-state index in [4.69, 9.17) is 9.26 Å². The van der Waals surface area contributed by atoms with Crippen molar-refractivity contribution in [2.75, 3.05) is 0 Å². The highest BCUT2D eigenvalue weighted by Crippen LogP contribution is 2.16. The van der Waals surface area contributed by atoms with Gasteiger partial charge >= 0.3 is 5.97 Å². The number of ether oxygens (including phenoxy) is 1. The van der Waals surface area contributed by atoms with Gasteiger partial charge in [-0.2, -0.15) is 4.98 Å². The molecule has 0 saturated carbocycles. The van der Waals surface area contributed by atoms with Crippen LogP contribution in [0.1, 0.15) is 18.0 Å².